The van der Waals surface area contributed by atoms with Crippen LogP contribution in [0.3, 0.4) is 0 Å². The molecule has 0 saturated carbocycles. The predicted molar refractivity (Wildman–Crippen MR) is 108 cm³/mol. The van der Waals surface area contributed by atoms with E-state index in [0.29, 0.717) is 17.7 Å². The number of aromatic nitrogens is 2. The number of nitrogens with one attached hydrogen (secondary N) is 2. The van der Waals surface area contributed by atoms with E-state index in [1.54, 1.807) is 0 Å². The van der Waals surface area contributed by atoms with Crippen molar-refractivity contribution in [1.29, 1.82) is 0 Å². The summed E-state index contributed by atoms with van der Waals surface area (Å²) in [4.78, 5) is 28.6. The molecule has 1 amide bonds. The maximum absolute atomic E-state index is 13.4. The fraction of sp³-hybridized carbons (Fsp3) is 0.105. The highest BCUT2D eigenvalue weighted by Crippen LogP contribution is 2.25. The van der Waals surface area contributed by atoms with Crippen molar-refractivity contribution in [2.45, 2.75) is 4.90 Å². The number of amides is 1. The molecule has 0 bridgehead atoms. The molecule has 0 aliphatic carbocycles. The van der Waals surface area contributed by atoms with Crippen molar-refractivity contribution in [3.63, 3.8) is 0 Å². The van der Waals surface area contributed by atoms with Gasteiger partial charge in [0.05, 0.1) is 10.6 Å². The maximum Gasteiger partial charge on any atom is 0.284 e. The van der Waals surface area contributed by atoms with Gasteiger partial charge in [-0.25, -0.2) is 17.8 Å². The molecule has 0 spiro atoms. The average Bonchev–Trinajstić information content (AvgIpc) is 2.69. The van der Waals surface area contributed by atoms with Gasteiger partial charge in [-0.15, -0.1) is 0 Å². The Morgan fingerprint density at radius 3 is 2.21 bits per heavy atom. The SMILES string of the molecule is CNc1nc(-c2ccc(F)cc2)n(-c2ccc(S(C)(=O)=O)cc2)c(=O)c1NC=O. The molecule has 3 rings (SSSR count). The smallest absolute Gasteiger partial charge is 0.284 e. The quantitative estimate of drug-likeness (QED) is 0.595. The summed E-state index contributed by atoms with van der Waals surface area (Å²) in [6.45, 7) is 0. The summed E-state index contributed by atoms with van der Waals surface area (Å²) in [5.74, 6) is -0.137. The van der Waals surface area contributed by atoms with Crippen molar-refractivity contribution >= 4 is 27.8 Å². The third kappa shape index (κ3) is 4.02. The van der Waals surface area contributed by atoms with Crippen molar-refractivity contribution in [3.05, 3.63) is 64.7 Å². The monoisotopic (exact) mass is 416 g/mol. The minimum Gasteiger partial charge on any atom is -0.371 e. The number of rotatable bonds is 6. The zero-order valence-electron chi connectivity index (χ0n) is 15.5. The Balaban J connectivity index is 2.33. The first-order valence-corrected chi connectivity index (χ1v) is 10.3. The molecule has 0 saturated heterocycles. The van der Waals surface area contributed by atoms with E-state index in [-0.39, 0.29) is 22.2 Å². The molecule has 1 heterocycles. The maximum atomic E-state index is 13.4. The molecule has 0 aliphatic heterocycles. The first-order valence-electron chi connectivity index (χ1n) is 8.37. The highest BCUT2D eigenvalue weighted by atomic mass is 32.2. The molecular formula is C19H17FN4O4S. The largest absolute Gasteiger partial charge is 0.371 e. The molecule has 0 unspecified atom stereocenters. The zero-order valence-corrected chi connectivity index (χ0v) is 16.3. The Morgan fingerprint density at radius 2 is 1.69 bits per heavy atom. The van der Waals surface area contributed by atoms with Crippen LogP contribution in [0, 0.1) is 5.82 Å². The fourth-order valence-electron chi connectivity index (χ4n) is 2.77. The van der Waals surface area contributed by atoms with Gasteiger partial charge in [0.25, 0.3) is 5.56 Å². The van der Waals surface area contributed by atoms with Crippen LogP contribution in [0.25, 0.3) is 17.1 Å². The number of carbonyl (C=O) groups is 1. The lowest BCUT2D eigenvalue weighted by atomic mass is 10.2. The van der Waals surface area contributed by atoms with Crippen LogP contribution in [-0.4, -0.2) is 37.7 Å². The molecule has 2 N–H and O–H groups in total. The van der Waals surface area contributed by atoms with E-state index in [9.17, 15) is 22.4 Å². The Hall–Kier alpha value is -3.53. The summed E-state index contributed by atoms with van der Waals surface area (Å²) in [7, 11) is -1.88. The van der Waals surface area contributed by atoms with Crippen molar-refractivity contribution < 1.29 is 17.6 Å². The van der Waals surface area contributed by atoms with Gasteiger partial charge >= 0.3 is 0 Å². The Labute approximate surface area is 166 Å². The summed E-state index contributed by atoms with van der Waals surface area (Å²) in [5, 5.41) is 5.09. The number of carbonyl (C=O) groups excluding carboxylic acids is 1. The second kappa shape index (κ2) is 7.84. The van der Waals surface area contributed by atoms with Crippen LogP contribution in [0.5, 0.6) is 0 Å². The molecule has 10 heteroatoms. The highest BCUT2D eigenvalue weighted by Gasteiger charge is 2.19. The van der Waals surface area contributed by atoms with Crippen LogP contribution >= 0.6 is 0 Å². The predicted octanol–water partition coefficient (Wildman–Crippen LogP) is 2.05. The third-order valence-electron chi connectivity index (χ3n) is 4.15. The van der Waals surface area contributed by atoms with Gasteiger partial charge in [-0.3, -0.25) is 14.2 Å². The lowest BCUT2D eigenvalue weighted by Crippen LogP contribution is -2.26. The molecule has 0 radical (unpaired) electrons. The van der Waals surface area contributed by atoms with Gasteiger partial charge in [-0.1, -0.05) is 0 Å². The van der Waals surface area contributed by atoms with Crippen molar-refractivity contribution in [3.8, 4) is 17.1 Å². The van der Waals surface area contributed by atoms with E-state index < -0.39 is 21.2 Å². The van der Waals surface area contributed by atoms with Crippen LogP contribution in [0.2, 0.25) is 0 Å². The van der Waals surface area contributed by atoms with Crippen LogP contribution in [0.1, 0.15) is 0 Å². The van der Waals surface area contributed by atoms with E-state index in [1.165, 1.54) is 60.1 Å². The lowest BCUT2D eigenvalue weighted by Gasteiger charge is -2.17. The molecule has 8 nitrogen and oxygen atoms in total. The minimum absolute atomic E-state index is 0.0828. The average molecular weight is 416 g/mol. The summed E-state index contributed by atoms with van der Waals surface area (Å²) in [6, 6.07) is 11.0. The molecule has 3 aromatic rings. The van der Waals surface area contributed by atoms with E-state index in [1.807, 2.05) is 0 Å². The molecule has 0 fully saturated rings. The van der Waals surface area contributed by atoms with E-state index >= 15 is 0 Å². The first kappa shape index (κ1) is 20.2. The lowest BCUT2D eigenvalue weighted by molar-refractivity contribution is -0.105. The van der Waals surface area contributed by atoms with Gasteiger partial charge < -0.3 is 10.6 Å². The van der Waals surface area contributed by atoms with E-state index in [4.69, 9.17) is 0 Å². The molecule has 150 valence electrons. The van der Waals surface area contributed by atoms with Crippen LogP contribution in [0.4, 0.5) is 15.9 Å². The summed E-state index contributed by atoms with van der Waals surface area (Å²) < 4.78 is 38.0. The van der Waals surface area contributed by atoms with Gasteiger partial charge in [0.15, 0.2) is 21.3 Å². The molecule has 29 heavy (non-hydrogen) atoms. The Bertz CT molecular complexity index is 1220. The second-order valence-electron chi connectivity index (χ2n) is 6.08. The second-order valence-corrected chi connectivity index (χ2v) is 8.10. The van der Waals surface area contributed by atoms with Gasteiger partial charge in [0.2, 0.25) is 6.41 Å². The molecular weight excluding hydrogens is 399 g/mol. The number of hydrogen-bond acceptors (Lipinski definition) is 6. The number of hydrogen-bond donors (Lipinski definition) is 2. The first-order chi connectivity index (χ1) is 13.8. The molecule has 0 atom stereocenters. The minimum atomic E-state index is -3.42. The van der Waals surface area contributed by atoms with Gasteiger partial charge in [0, 0.05) is 18.9 Å². The number of sulfone groups is 1. The Morgan fingerprint density at radius 1 is 1.07 bits per heavy atom. The Kier molecular flexibility index (Phi) is 5.46. The number of anilines is 2. The summed E-state index contributed by atoms with van der Waals surface area (Å²) >= 11 is 0. The topological polar surface area (TPSA) is 110 Å². The van der Waals surface area contributed by atoms with Gasteiger partial charge in [-0.2, -0.15) is 0 Å². The number of nitrogens with zero attached hydrogens (tertiary/aromatic N) is 2. The normalized spacial score (nSPS) is 11.1. The standard InChI is InChI=1S/C19H17FN4O4S/c1-21-17-16(22-11-25)19(26)24(14-7-9-15(10-8-14)29(2,27)28)18(23-17)12-3-5-13(20)6-4-12/h3-11,21H,1-2H3,(H,22,25). The van der Waals surface area contributed by atoms with E-state index in [0.717, 1.165) is 6.26 Å². The van der Waals surface area contributed by atoms with Gasteiger partial charge in [0.1, 0.15) is 11.6 Å². The van der Waals surface area contributed by atoms with Crippen LogP contribution in [-0.2, 0) is 14.6 Å². The van der Waals surface area contributed by atoms with Crippen molar-refractivity contribution in [1.82, 2.24) is 9.55 Å². The molecule has 2 aromatic carbocycles. The number of benzene rings is 2. The summed E-state index contributed by atoms with van der Waals surface area (Å²) in [5.41, 5.74) is 0.0964. The van der Waals surface area contributed by atoms with Crippen LogP contribution in [0.15, 0.2) is 58.2 Å². The molecule has 1 aromatic heterocycles. The fourth-order valence-corrected chi connectivity index (χ4v) is 3.40. The van der Waals surface area contributed by atoms with Crippen LogP contribution < -0.4 is 16.2 Å². The molecule has 0 aliphatic rings. The van der Waals surface area contributed by atoms with Crippen molar-refractivity contribution in [2.24, 2.45) is 0 Å². The third-order valence-corrected chi connectivity index (χ3v) is 5.28. The van der Waals surface area contributed by atoms with Gasteiger partial charge in [-0.05, 0) is 48.5 Å². The van der Waals surface area contributed by atoms with Crippen molar-refractivity contribution in [2.75, 3.05) is 23.9 Å². The zero-order chi connectivity index (χ0) is 21.2. The highest BCUT2D eigenvalue weighted by molar-refractivity contribution is 7.90. The number of halogens is 1. The summed E-state index contributed by atoms with van der Waals surface area (Å²) in [6.07, 6.45) is 1.43. The van der Waals surface area contributed by atoms with E-state index in [2.05, 4.69) is 15.6 Å².